The van der Waals surface area contributed by atoms with Crippen LogP contribution in [0.1, 0.15) is 44.7 Å². The van der Waals surface area contributed by atoms with Crippen molar-refractivity contribution >= 4 is 23.2 Å². The van der Waals surface area contributed by atoms with Crippen molar-refractivity contribution in [1.82, 2.24) is 0 Å². The highest BCUT2D eigenvalue weighted by molar-refractivity contribution is 6.23. The number of hydroxylamine groups is 1. The minimum atomic E-state index is -0.954. The Morgan fingerprint density at radius 2 is 1.56 bits per heavy atom. The van der Waals surface area contributed by atoms with E-state index in [9.17, 15) is 9.59 Å². The molecule has 0 bridgehead atoms. The number of benzene rings is 3. The van der Waals surface area contributed by atoms with Crippen LogP contribution in [0.3, 0.4) is 0 Å². The van der Waals surface area contributed by atoms with E-state index in [-0.39, 0.29) is 11.8 Å². The average Bonchev–Trinajstić information content (AvgIpc) is 3.48. The first-order valence-corrected chi connectivity index (χ1v) is 13.5. The number of anilines is 2. The molecule has 0 aliphatic carbocycles. The molecule has 5 rings (SSSR count). The van der Waals surface area contributed by atoms with E-state index in [1.54, 1.807) is 36.4 Å². The third-order valence-corrected chi connectivity index (χ3v) is 6.98. The summed E-state index contributed by atoms with van der Waals surface area (Å²) in [5.41, 5.74) is 2.04. The van der Waals surface area contributed by atoms with Crippen molar-refractivity contribution in [3.05, 3.63) is 78.4 Å². The lowest BCUT2D eigenvalue weighted by Crippen LogP contribution is -2.37. The molecule has 2 saturated heterocycles. The molecule has 2 amide bonds. The number of carbonyl (C=O) groups excluding carboxylic acids is 2. The van der Waals surface area contributed by atoms with Gasteiger partial charge >= 0.3 is 0 Å². The quantitative estimate of drug-likeness (QED) is 0.232. The zero-order valence-electron chi connectivity index (χ0n) is 22.5. The van der Waals surface area contributed by atoms with Crippen LogP contribution in [0.15, 0.2) is 72.8 Å². The first-order chi connectivity index (χ1) is 19.1. The van der Waals surface area contributed by atoms with Crippen LogP contribution in [0.4, 0.5) is 11.4 Å². The van der Waals surface area contributed by atoms with Gasteiger partial charge in [-0.05, 0) is 66.9 Å². The van der Waals surface area contributed by atoms with Gasteiger partial charge in [-0.1, -0.05) is 44.5 Å². The summed E-state index contributed by atoms with van der Waals surface area (Å²) >= 11 is 0. The van der Waals surface area contributed by atoms with Crippen molar-refractivity contribution in [3.8, 4) is 17.2 Å². The molecule has 3 atom stereocenters. The van der Waals surface area contributed by atoms with Gasteiger partial charge in [0.05, 0.1) is 37.7 Å². The van der Waals surface area contributed by atoms with Crippen LogP contribution in [0.25, 0.3) is 0 Å². The van der Waals surface area contributed by atoms with E-state index in [1.807, 2.05) is 55.5 Å². The Bertz CT molecular complexity index is 1300. The van der Waals surface area contributed by atoms with E-state index in [0.29, 0.717) is 36.1 Å². The van der Waals surface area contributed by atoms with Crippen LogP contribution in [0.2, 0.25) is 0 Å². The molecular formula is C31H34N2O6. The van der Waals surface area contributed by atoms with Gasteiger partial charge in [0.15, 0.2) is 17.6 Å². The van der Waals surface area contributed by atoms with Gasteiger partial charge in [-0.2, -0.15) is 0 Å². The van der Waals surface area contributed by atoms with Gasteiger partial charge in [-0.25, -0.2) is 9.96 Å². The summed E-state index contributed by atoms with van der Waals surface area (Å²) < 4.78 is 17.2. The number of carbonyl (C=O) groups is 2. The molecule has 2 aliphatic rings. The molecule has 0 N–H and O–H groups in total. The first kappa shape index (κ1) is 26.6. The minimum Gasteiger partial charge on any atom is -0.494 e. The molecule has 0 spiro atoms. The van der Waals surface area contributed by atoms with E-state index in [4.69, 9.17) is 19.0 Å². The molecule has 2 heterocycles. The van der Waals surface area contributed by atoms with E-state index in [1.165, 1.54) is 4.90 Å². The van der Waals surface area contributed by atoms with E-state index >= 15 is 0 Å². The molecular weight excluding hydrogens is 496 g/mol. The predicted molar refractivity (Wildman–Crippen MR) is 148 cm³/mol. The molecule has 0 radical (unpaired) electrons. The highest BCUT2D eigenvalue weighted by atomic mass is 16.7. The topological polar surface area (TPSA) is 77.5 Å². The summed E-state index contributed by atoms with van der Waals surface area (Å²) in [6.07, 6.45) is 1.91. The standard InChI is InChI=1S/C31H34N2O6/c1-4-6-19-37-24-15-13-22(14-16-24)32-30(34)27-28(21-12-17-25(38-18-5-2)26(20-21)36-3)33(39-29(27)31(32)35)23-10-8-7-9-11-23/h7-17,20,27-29H,4-6,18-19H2,1-3H3/t27-,28+,29-/m1/s1. The second-order valence-electron chi connectivity index (χ2n) is 9.62. The number of unbranched alkanes of at least 4 members (excludes halogenated alkanes) is 1. The maximum absolute atomic E-state index is 13.9. The summed E-state index contributed by atoms with van der Waals surface area (Å²) in [6, 6.07) is 21.6. The summed E-state index contributed by atoms with van der Waals surface area (Å²) in [5.74, 6) is 0.450. The lowest BCUT2D eigenvalue weighted by Gasteiger charge is -2.29. The van der Waals surface area contributed by atoms with E-state index < -0.39 is 18.1 Å². The summed E-state index contributed by atoms with van der Waals surface area (Å²) in [5, 5.41) is 1.68. The van der Waals surface area contributed by atoms with Crippen LogP contribution >= 0.6 is 0 Å². The number of amides is 2. The number of rotatable bonds is 11. The van der Waals surface area contributed by atoms with Gasteiger partial charge in [0.1, 0.15) is 11.7 Å². The summed E-state index contributed by atoms with van der Waals surface area (Å²) in [6.45, 7) is 5.33. The van der Waals surface area contributed by atoms with Gasteiger partial charge in [0.25, 0.3) is 5.91 Å². The Balaban J connectivity index is 1.48. The van der Waals surface area contributed by atoms with Crippen LogP contribution in [-0.4, -0.2) is 38.2 Å². The number of methoxy groups -OCH3 is 1. The molecule has 8 nitrogen and oxygen atoms in total. The molecule has 3 aromatic rings. The summed E-state index contributed by atoms with van der Waals surface area (Å²) in [4.78, 5) is 35.0. The Kier molecular flexibility index (Phi) is 8.02. The maximum atomic E-state index is 13.9. The Labute approximate surface area is 229 Å². The fraction of sp³-hybridized carbons (Fsp3) is 0.355. The van der Waals surface area contributed by atoms with Gasteiger partial charge in [0.2, 0.25) is 5.91 Å². The lowest BCUT2D eigenvalue weighted by molar-refractivity contribution is -0.126. The van der Waals surface area contributed by atoms with Crippen LogP contribution in [0.5, 0.6) is 17.2 Å². The molecule has 8 heteroatoms. The maximum Gasteiger partial charge on any atom is 0.266 e. The van der Waals surface area contributed by atoms with E-state index in [2.05, 4.69) is 6.92 Å². The minimum absolute atomic E-state index is 0.307. The fourth-order valence-corrected chi connectivity index (χ4v) is 5.03. The average molecular weight is 531 g/mol. The molecule has 0 saturated carbocycles. The zero-order valence-corrected chi connectivity index (χ0v) is 22.5. The monoisotopic (exact) mass is 530 g/mol. The third kappa shape index (κ3) is 5.16. The van der Waals surface area contributed by atoms with Crippen molar-refractivity contribution < 1.29 is 28.6 Å². The highest BCUT2D eigenvalue weighted by Crippen LogP contribution is 2.48. The number of ether oxygens (including phenoxy) is 3. The fourth-order valence-electron chi connectivity index (χ4n) is 5.03. The molecule has 3 aromatic carbocycles. The van der Waals surface area contributed by atoms with Crippen molar-refractivity contribution in [1.29, 1.82) is 0 Å². The number of hydrogen-bond acceptors (Lipinski definition) is 7. The zero-order chi connectivity index (χ0) is 27.4. The Morgan fingerprint density at radius 1 is 0.795 bits per heavy atom. The second kappa shape index (κ2) is 11.8. The van der Waals surface area contributed by atoms with Gasteiger partial charge < -0.3 is 14.2 Å². The van der Waals surface area contributed by atoms with Crippen LogP contribution in [0, 0.1) is 5.92 Å². The highest BCUT2D eigenvalue weighted by Gasteiger charge is 2.60. The molecule has 204 valence electrons. The van der Waals surface area contributed by atoms with Gasteiger partial charge in [0, 0.05) is 0 Å². The smallest absolute Gasteiger partial charge is 0.266 e. The molecule has 0 unspecified atom stereocenters. The molecule has 39 heavy (non-hydrogen) atoms. The van der Waals surface area contributed by atoms with Gasteiger partial charge in [-0.15, -0.1) is 0 Å². The Morgan fingerprint density at radius 3 is 2.26 bits per heavy atom. The third-order valence-electron chi connectivity index (χ3n) is 6.98. The number of para-hydroxylation sites is 1. The number of nitrogens with zero attached hydrogens (tertiary/aromatic N) is 2. The van der Waals surface area contributed by atoms with Crippen molar-refractivity contribution in [2.75, 3.05) is 30.3 Å². The SMILES string of the molecule is CCCCOc1ccc(N2C(=O)[C@H]3[C@@H](ON(c4ccccc4)[C@H]3c3ccc(OCCC)c(OC)c3)C2=O)cc1. The lowest BCUT2D eigenvalue weighted by atomic mass is 9.90. The molecule has 2 aliphatic heterocycles. The second-order valence-corrected chi connectivity index (χ2v) is 9.62. The predicted octanol–water partition coefficient (Wildman–Crippen LogP) is 5.71. The van der Waals surface area contributed by atoms with Crippen molar-refractivity contribution in [2.45, 2.75) is 45.3 Å². The number of hydrogen-bond donors (Lipinski definition) is 0. The van der Waals surface area contributed by atoms with Gasteiger partial charge in [-0.3, -0.25) is 14.4 Å². The van der Waals surface area contributed by atoms with Crippen molar-refractivity contribution in [3.63, 3.8) is 0 Å². The number of fused-ring (bicyclic) bond motifs is 1. The largest absolute Gasteiger partial charge is 0.494 e. The first-order valence-electron chi connectivity index (χ1n) is 13.5. The molecule has 0 aromatic heterocycles. The van der Waals surface area contributed by atoms with Crippen LogP contribution in [-0.2, 0) is 14.4 Å². The molecule has 2 fully saturated rings. The van der Waals surface area contributed by atoms with Crippen LogP contribution < -0.4 is 24.2 Å². The normalized spacial score (nSPS) is 20.3. The van der Waals surface area contributed by atoms with E-state index in [0.717, 1.165) is 30.5 Å². The number of imide groups is 1. The summed E-state index contributed by atoms with van der Waals surface area (Å²) in [7, 11) is 1.59. The van der Waals surface area contributed by atoms with Crippen molar-refractivity contribution in [2.24, 2.45) is 5.92 Å². The Hall–Kier alpha value is -4.04.